The van der Waals surface area contributed by atoms with Gasteiger partial charge in [0.1, 0.15) is 0 Å². The van der Waals surface area contributed by atoms with Gasteiger partial charge in [0.2, 0.25) is 11.8 Å². The third-order valence-electron chi connectivity index (χ3n) is 2.82. The van der Waals surface area contributed by atoms with E-state index in [0.29, 0.717) is 19.4 Å². The van der Waals surface area contributed by atoms with Gasteiger partial charge in [-0.15, -0.1) is 0 Å². The van der Waals surface area contributed by atoms with E-state index in [1.165, 1.54) is 0 Å². The summed E-state index contributed by atoms with van der Waals surface area (Å²) in [5, 5.41) is 5.59. The summed E-state index contributed by atoms with van der Waals surface area (Å²) in [4.78, 5) is 23.0. The van der Waals surface area contributed by atoms with Gasteiger partial charge in [0.05, 0.1) is 5.92 Å². The second kappa shape index (κ2) is 6.01. The van der Waals surface area contributed by atoms with Crippen molar-refractivity contribution in [3.63, 3.8) is 0 Å². The lowest BCUT2D eigenvalue weighted by Crippen LogP contribution is -2.40. The summed E-state index contributed by atoms with van der Waals surface area (Å²) in [6.45, 7) is 0.429. The molecule has 2 N–H and O–H groups in total. The number of hydrogen-bond acceptors (Lipinski definition) is 2. The van der Waals surface area contributed by atoms with Crippen LogP contribution < -0.4 is 10.6 Å². The first-order chi connectivity index (χ1) is 8.56. The van der Waals surface area contributed by atoms with E-state index in [-0.39, 0.29) is 17.7 Å². The Morgan fingerprint density at radius 2 is 2.28 bits per heavy atom. The summed E-state index contributed by atoms with van der Waals surface area (Å²) in [5.41, 5.74) is 0.782. The zero-order valence-electron chi connectivity index (χ0n) is 9.50. The maximum atomic E-state index is 12.0. The number of rotatable bonds is 2. The van der Waals surface area contributed by atoms with Crippen LogP contribution in [0.25, 0.3) is 0 Å². The molecule has 0 aromatic heterocycles. The van der Waals surface area contributed by atoms with Crippen molar-refractivity contribution >= 4 is 56.0 Å². The van der Waals surface area contributed by atoms with Gasteiger partial charge < -0.3 is 10.6 Å². The molecule has 0 aliphatic carbocycles. The summed E-state index contributed by atoms with van der Waals surface area (Å²) < 4.78 is 2.05. The fourth-order valence-corrected chi connectivity index (χ4v) is 2.54. The number of hydrogen-bond donors (Lipinski definition) is 2. The van der Waals surface area contributed by atoms with Crippen LogP contribution in [0.1, 0.15) is 12.8 Å². The second-order valence-corrected chi connectivity index (χ2v) is 6.17. The quantitative estimate of drug-likeness (QED) is 0.719. The first kappa shape index (κ1) is 13.8. The summed E-state index contributed by atoms with van der Waals surface area (Å²) in [6.07, 6.45) is 1.04. The molecule has 0 spiro atoms. The zero-order valence-corrected chi connectivity index (χ0v) is 13.2. The Hall–Kier alpha value is -0.630. The normalized spacial score (nSPS) is 19.2. The highest BCUT2D eigenvalue weighted by Crippen LogP contribution is 2.23. The number of benzene rings is 1. The van der Waals surface area contributed by atoms with Gasteiger partial charge in [-0.3, -0.25) is 9.59 Å². The third kappa shape index (κ3) is 3.44. The minimum atomic E-state index is -0.135. The highest BCUT2D eigenvalue weighted by molar-refractivity contribution is 14.1. The predicted octanol–water partition coefficient (Wildman–Crippen LogP) is 2.52. The molecule has 1 saturated heterocycles. The maximum absolute atomic E-state index is 12.0. The molecule has 6 heteroatoms. The molecule has 1 heterocycles. The molecular weight excluding hydrogens is 411 g/mol. The van der Waals surface area contributed by atoms with E-state index in [9.17, 15) is 9.59 Å². The molecule has 1 aromatic carbocycles. The topological polar surface area (TPSA) is 58.2 Å². The molecule has 0 bridgehead atoms. The van der Waals surface area contributed by atoms with Crippen molar-refractivity contribution in [3.05, 3.63) is 26.2 Å². The Labute approximate surface area is 127 Å². The highest BCUT2D eigenvalue weighted by Gasteiger charge is 2.24. The molecule has 1 aromatic rings. The Balaban J connectivity index is 1.98. The largest absolute Gasteiger partial charge is 0.355 e. The van der Waals surface area contributed by atoms with E-state index in [1.807, 2.05) is 18.2 Å². The Kier molecular flexibility index (Phi) is 4.60. The van der Waals surface area contributed by atoms with Gasteiger partial charge in [0, 0.05) is 26.7 Å². The number of piperidine rings is 1. The summed E-state index contributed by atoms with van der Waals surface area (Å²) in [7, 11) is 0. The van der Waals surface area contributed by atoms with E-state index in [4.69, 9.17) is 0 Å². The molecule has 96 valence electrons. The van der Waals surface area contributed by atoms with Crippen LogP contribution in [0.5, 0.6) is 0 Å². The lowest BCUT2D eigenvalue weighted by molar-refractivity contribution is -0.126. The van der Waals surface area contributed by atoms with Crippen LogP contribution in [-0.4, -0.2) is 18.4 Å². The van der Waals surface area contributed by atoms with Crippen molar-refractivity contribution in [2.75, 3.05) is 11.9 Å². The van der Waals surface area contributed by atoms with Crippen LogP contribution in [-0.2, 0) is 9.59 Å². The number of amides is 2. The Morgan fingerprint density at radius 3 is 2.89 bits per heavy atom. The van der Waals surface area contributed by atoms with Crippen molar-refractivity contribution < 1.29 is 9.59 Å². The second-order valence-electron chi connectivity index (χ2n) is 4.16. The highest BCUT2D eigenvalue weighted by atomic mass is 127. The van der Waals surface area contributed by atoms with Crippen LogP contribution in [0, 0.1) is 9.49 Å². The van der Waals surface area contributed by atoms with Gasteiger partial charge in [-0.05, 0) is 63.1 Å². The number of nitrogens with one attached hydrogen (secondary N) is 2. The van der Waals surface area contributed by atoms with E-state index < -0.39 is 0 Å². The van der Waals surface area contributed by atoms with Crippen LogP contribution in [0.3, 0.4) is 0 Å². The van der Waals surface area contributed by atoms with Crippen molar-refractivity contribution in [1.29, 1.82) is 0 Å². The van der Waals surface area contributed by atoms with Crippen LogP contribution >= 0.6 is 38.5 Å². The summed E-state index contributed by atoms with van der Waals surface area (Å²) in [6, 6.07) is 5.66. The molecule has 1 aliphatic heterocycles. The summed E-state index contributed by atoms with van der Waals surface area (Å²) >= 11 is 5.61. The van der Waals surface area contributed by atoms with E-state index in [2.05, 4.69) is 49.2 Å². The first-order valence-corrected chi connectivity index (χ1v) is 7.46. The Bertz CT molecular complexity index is 483. The smallest absolute Gasteiger partial charge is 0.229 e. The lowest BCUT2D eigenvalue weighted by atomic mass is 9.98. The number of anilines is 1. The number of carbonyl (C=O) groups excluding carboxylic acids is 2. The first-order valence-electron chi connectivity index (χ1n) is 5.59. The number of carbonyl (C=O) groups is 2. The van der Waals surface area contributed by atoms with E-state index in [0.717, 1.165) is 13.7 Å². The molecule has 2 amide bonds. The van der Waals surface area contributed by atoms with Crippen molar-refractivity contribution in [3.8, 4) is 0 Å². The molecule has 2 rings (SSSR count). The van der Waals surface area contributed by atoms with Crippen LogP contribution in [0.4, 0.5) is 5.69 Å². The predicted molar refractivity (Wildman–Crippen MR) is 81.2 cm³/mol. The average Bonchev–Trinajstić information content (AvgIpc) is 2.34. The lowest BCUT2D eigenvalue weighted by Gasteiger charge is -2.21. The van der Waals surface area contributed by atoms with Gasteiger partial charge in [-0.2, -0.15) is 0 Å². The van der Waals surface area contributed by atoms with Gasteiger partial charge in [-0.25, -0.2) is 0 Å². The van der Waals surface area contributed by atoms with Gasteiger partial charge in [0.25, 0.3) is 0 Å². The standard InChI is InChI=1S/C12H12BrIN2O2/c13-9-3-2-8(5-10(9)14)16-12(18)7-1-4-11(17)15-6-7/h2-3,5,7H,1,4,6H2,(H,15,17)(H,16,18). The molecule has 0 radical (unpaired) electrons. The molecule has 1 atom stereocenters. The molecular formula is C12H12BrIN2O2. The molecule has 1 fully saturated rings. The molecule has 4 nitrogen and oxygen atoms in total. The molecule has 1 aliphatic rings. The van der Waals surface area contributed by atoms with E-state index in [1.54, 1.807) is 0 Å². The van der Waals surface area contributed by atoms with Crippen molar-refractivity contribution in [2.45, 2.75) is 12.8 Å². The molecule has 0 saturated carbocycles. The van der Waals surface area contributed by atoms with Crippen molar-refractivity contribution in [2.24, 2.45) is 5.92 Å². The zero-order chi connectivity index (χ0) is 13.1. The maximum Gasteiger partial charge on any atom is 0.229 e. The third-order valence-corrected chi connectivity index (χ3v) is 5.15. The molecule has 1 unspecified atom stereocenters. The number of halogens is 2. The van der Waals surface area contributed by atoms with Gasteiger partial charge in [0.15, 0.2) is 0 Å². The minimum Gasteiger partial charge on any atom is -0.355 e. The van der Waals surface area contributed by atoms with E-state index >= 15 is 0 Å². The molecule has 18 heavy (non-hydrogen) atoms. The van der Waals surface area contributed by atoms with Crippen LogP contribution in [0.2, 0.25) is 0 Å². The fraction of sp³-hybridized carbons (Fsp3) is 0.333. The summed E-state index contributed by atoms with van der Waals surface area (Å²) in [5.74, 6) is -0.144. The SMILES string of the molecule is O=C1CCC(C(=O)Nc2ccc(Br)c(I)c2)CN1. The fourth-order valence-electron chi connectivity index (χ4n) is 1.77. The van der Waals surface area contributed by atoms with Crippen molar-refractivity contribution in [1.82, 2.24) is 5.32 Å². The van der Waals surface area contributed by atoms with Gasteiger partial charge >= 0.3 is 0 Å². The average molecular weight is 423 g/mol. The van der Waals surface area contributed by atoms with Crippen LogP contribution in [0.15, 0.2) is 22.7 Å². The Morgan fingerprint density at radius 1 is 1.50 bits per heavy atom. The monoisotopic (exact) mass is 422 g/mol. The minimum absolute atomic E-state index is 0.0252. The van der Waals surface area contributed by atoms with Gasteiger partial charge in [-0.1, -0.05) is 0 Å².